The number of nitrogens with one attached hydrogen (secondary N) is 1. The maximum Gasteiger partial charge on any atom is 0.170 e. The molecule has 4 rings (SSSR count). The van der Waals surface area contributed by atoms with Crippen molar-refractivity contribution in [1.29, 1.82) is 0 Å². The van der Waals surface area contributed by atoms with Crippen LogP contribution >= 0.6 is 31.9 Å². The minimum absolute atomic E-state index is 0.194. The lowest BCUT2D eigenvalue weighted by atomic mass is 9.98. The minimum atomic E-state index is -0.194. The van der Waals surface area contributed by atoms with E-state index in [1.807, 2.05) is 24.3 Å². The molecule has 2 heterocycles. The molecule has 0 amide bonds. The first kappa shape index (κ1) is 16.8. The van der Waals surface area contributed by atoms with Crippen LogP contribution in [-0.2, 0) is 12.8 Å². The van der Waals surface area contributed by atoms with Crippen molar-refractivity contribution in [2.24, 2.45) is 4.99 Å². The van der Waals surface area contributed by atoms with Gasteiger partial charge in [-0.3, -0.25) is 4.99 Å². The van der Waals surface area contributed by atoms with Crippen molar-refractivity contribution >= 4 is 48.7 Å². The number of halogens is 3. The Morgan fingerprint density at radius 1 is 1.16 bits per heavy atom. The van der Waals surface area contributed by atoms with Gasteiger partial charge in [0.05, 0.1) is 6.54 Å². The average Bonchev–Trinajstić information content (AvgIpc) is 3.22. The second kappa shape index (κ2) is 6.92. The van der Waals surface area contributed by atoms with Crippen LogP contribution in [0.25, 0.3) is 11.0 Å². The molecule has 2 aromatic carbocycles. The van der Waals surface area contributed by atoms with E-state index in [1.54, 1.807) is 6.07 Å². The third-order valence-electron chi connectivity index (χ3n) is 4.32. The number of nitrogens with zero attached hydrogens (tertiary/aromatic N) is 1. The van der Waals surface area contributed by atoms with E-state index >= 15 is 0 Å². The van der Waals surface area contributed by atoms with Crippen molar-refractivity contribution in [2.75, 3.05) is 13.1 Å². The molecule has 1 aromatic heterocycles. The molecule has 25 heavy (non-hydrogen) atoms. The Kier molecular flexibility index (Phi) is 4.65. The van der Waals surface area contributed by atoms with Crippen LogP contribution in [0.2, 0.25) is 0 Å². The molecule has 3 nitrogen and oxygen atoms in total. The van der Waals surface area contributed by atoms with Crippen LogP contribution in [0.4, 0.5) is 4.39 Å². The van der Waals surface area contributed by atoms with Gasteiger partial charge in [-0.2, -0.15) is 0 Å². The highest BCUT2D eigenvalue weighted by molar-refractivity contribution is 9.10. The molecule has 128 valence electrons. The van der Waals surface area contributed by atoms with Gasteiger partial charge in [0.25, 0.3) is 0 Å². The number of amidine groups is 1. The van der Waals surface area contributed by atoms with Crippen molar-refractivity contribution in [1.82, 2.24) is 5.32 Å². The van der Waals surface area contributed by atoms with Crippen LogP contribution in [-0.4, -0.2) is 18.9 Å². The molecule has 0 aliphatic carbocycles. The highest BCUT2D eigenvalue weighted by atomic mass is 79.9. The van der Waals surface area contributed by atoms with Crippen molar-refractivity contribution in [3.8, 4) is 0 Å². The zero-order chi connectivity index (χ0) is 17.4. The summed E-state index contributed by atoms with van der Waals surface area (Å²) in [6, 6.07) is 11.2. The van der Waals surface area contributed by atoms with Gasteiger partial charge in [0, 0.05) is 22.0 Å². The van der Waals surface area contributed by atoms with E-state index in [4.69, 9.17) is 4.42 Å². The first-order chi connectivity index (χ1) is 12.1. The lowest BCUT2D eigenvalue weighted by Crippen LogP contribution is -2.21. The van der Waals surface area contributed by atoms with Crippen molar-refractivity contribution in [2.45, 2.75) is 12.8 Å². The van der Waals surface area contributed by atoms with Crippen LogP contribution in [0.5, 0.6) is 0 Å². The van der Waals surface area contributed by atoms with E-state index in [0.717, 1.165) is 45.5 Å². The molecule has 0 unspecified atom stereocenters. The molecule has 1 aliphatic rings. The predicted molar refractivity (Wildman–Crippen MR) is 105 cm³/mol. The second-order valence-electron chi connectivity index (χ2n) is 5.96. The lowest BCUT2D eigenvalue weighted by molar-refractivity contribution is 0.581. The SMILES string of the molecule is Fc1cccc(C2=NCCN2)c1CCc1cc(Br)cc2cc(Br)oc12. The van der Waals surface area contributed by atoms with Crippen LogP contribution in [0.1, 0.15) is 16.7 Å². The Morgan fingerprint density at radius 2 is 2.04 bits per heavy atom. The number of aliphatic imine (C=N–C) groups is 1. The van der Waals surface area contributed by atoms with Crippen molar-refractivity contribution in [3.05, 3.63) is 68.0 Å². The summed E-state index contributed by atoms with van der Waals surface area (Å²) >= 11 is 6.92. The fourth-order valence-electron chi connectivity index (χ4n) is 3.21. The number of hydrogen-bond acceptors (Lipinski definition) is 3. The third kappa shape index (κ3) is 3.37. The molecule has 0 radical (unpaired) electrons. The van der Waals surface area contributed by atoms with Gasteiger partial charge in [-0.1, -0.05) is 28.1 Å². The molecule has 1 N–H and O–H groups in total. The molecule has 0 spiro atoms. The summed E-state index contributed by atoms with van der Waals surface area (Å²) in [6.07, 6.45) is 1.25. The fraction of sp³-hybridized carbons (Fsp3) is 0.211. The summed E-state index contributed by atoms with van der Waals surface area (Å²) < 4.78 is 21.9. The van der Waals surface area contributed by atoms with Gasteiger partial charge < -0.3 is 9.73 Å². The Bertz CT molecular complexity index is 981. The topological polar surface area (TPSA) is 37.5 Å². The first-order valence-corrected chi connectivity index (χ1v) is 9.64. The Balaban J connectivity index is 1.68. The minimum Gasteiger partial charge on any atom is -0.449 e. The van der Waals surface area contributed by atoms with E-state index in [9.17, 15) is 4.39 Å². The molecule has 0 atom stereocenters. The summed E-state index contributed by atoms with van der Waals surface area (Å²) in [6.45, 7) is 1.54. The zero-order valence-electron chi connectivity index (χ0n) is 13.3. The zero-order valence-corrected chi connectivity index (χ0v) is 16.5. The van der Waals surface area contributed by atoms with Crippen molar-refractivity contribution in [3.63, 3.8) is 0 Å². The summed E-state index contributed by atoms with van der Waals surface area (Å²) in [4.78, 5) is 4.44. The highest BCUT2D eigenvalue weighted by Gasteiger charge is 2.17. The standard InChI is InChI=1S/C19H15Br2FN2O/c20-13-8-11(18-12(9-13)10-17(21)25-18)4-5-14-15(2-1-3-16(14)22)19-23-6-7-24-19/h1-3,8-10H,4-7H2,(H,23,24). The van der Waals surface area contributed by atoms with Crippen molar-refractivity contribution < 1.29 is 8.81 Å². The molecule has 0 saturated heterocycles. The van der Waals surface area contributed by atoms with Crippen LogP contribution in [0.15, 0.2) is 54.9 Å². The monoisotopic (exact) mass is 464 g/mol. The van der Waals surface area contributed by atoms with Gasteiger partial charge in [0.1, 0.15) is 17.2 Å². The van der Waals surface area contributed by atoms with E-state index in [-0.39, 0.29) is 5.82 Å². The van der Waals surface area contributed by atoms with E-state index in [1.165, 1.54) is 6.07 Å². The quantitative estimate of drug-likeness (QED) is 0.572. The predicted octanol–water partition coefficient (Wildman–Crippen LogP) is 5.23. The molecule has 3 aromatic rings. The Morgan fingerprint density at radius 3 is 2.84 bits per heavy atom. The van der Waals surface area contributed by atoms with E-state index < -0.39 is 0 Å². The Hall–Kier alpha value is -1.66. The first-order valence-electron chi connectivity index (χ1n) is 8.05. The molecule has 0 bridgehead atoms. The van der Waals surface area contributed by atoms with Crippen LogP contribution < -0.4 is 5.32 Å². The number of rotatable bonds is 4. The van der Waals surface area contributed by atoms with Gasteiger partial charge in [-0.25, -0.2) is 4.39 Å². The smallest absolute Gasteiger partial charge is 0.170 e. The average molecular weight is 466 g/mol. The maximum atomic E-state index is 14.5. The summed E-state index contributed by atoms with van der Waals surface area (Å²) in [5, 5.41) is 4.25. The largest absolute Gasteiger partial charge is 0.449 e. The summed E-state index contributed by atoms with van der Waals surface area (Å²) in [5.41, 5.74) is 3.42. The number of benzene rings is 2. The normalized spacial score (nSPS) is 14.0. The molecule has 0 fully saturated rings. The number of fused-ring (bicyclic) bond motifs is 1. The number of hydrogen-bond donors (Lipinski definition) is 1. The van der Waals surface area contributed by atoms with Gasteiger partial charge in [0.2, 0.25) is 0 Å². The van der Waals surface area contributed by atoms with Crippen LogP contribution in [0.3, 0.4) is 0 Å². The lowest BCUT2D eigenvalue weighted by Gasteiger charge is -2.12. The Labute approximate surface area is 161 Å². The molecular weight excluding hydrogens is 451 g/mol. The summed E-state index contributed by atoms with van der Waals surface area (Å²) in [5.74, 6) is 0.593. The van der Waals surface area contributed by atoms with Gasteiger partial charge in [-0.15, -0.1) is 0 Å². The van der Waals surface area contributed by atoms with Gasteiger partial charge in [-0.05, 0) is 64.2 Å². The van der Waals surface area contributed by atoms with Crippen LogP contribution in [0, 0.1) is 5.82 Å². The van der Waals surface area contributed by atoms with Gasteiger partial charge in [0.15, 0.2) is 4.67 Å². The molecule has 0 saturated carbocycles. The maximum absolute atomic E-state index is 14.5. The van der Waals surface area contributed by atoms with Gasteiger partial charge >= 0.3 is 0 Å². The highest BCUT2D eigenvalue weighted by Crippen LogP contribution is 2.31. The summed E-state index contributed by atoms with van der Waals surface area (Å²) in [7, 11) is 0. The molecule has 1 aliphatic heterocycles. The molecule has 6 heteroatoms. The number of furan rings is 1. The fourth-order valence-corrected chi connectivity index (χ4v) is 4.14. The third-order valence-corrected chi connectivity index (χ3v) is 5.17. The number of aryl methyl sites for hydroxylation is 1. The van der Waals surface area contributed by atoms with E-state index in [0.29, 0.717) is 23.1 Å². The van der Waals surface area contributed by atoms with E-state index in [2.05, 4.69) is 42.2 Å². The molecular formula is C19H15Br2FN2O. The second-order valence-corrected chi connectivity index (χ2v) is 7.65.